The maximum absolute atomic E-state index is 13.6. The predicted molar refractivity (Wildman–Crippen MR) is 114 cm³/mol. The molecule has 10 nitrogen and oxygen atoms in total. The summed E-state index contributed by atoms with van der Waals surface area (Å²) in [5, 5.41) is 27.9. The van der Waals surface area contributed by atoms with E-state index in [-0.39, 0.29) is 24.2 Å². The summed E-state index contributed by atoms with van der Waals surface area (Å²) in [5.41, 5.74) is 1.86. The lowest BCUT2D eigenvalue weighted by atomic mass is 10.1. The highest BCUT2D eigenvalue weighted by Gasteiger charge is 2.47. The zero-order chi connectivity index (χ0) is 23.6. The molecule has 13 heteroatoms. The zero-order valence-electron chi connectivity index (χ0n) is 17.6. The highest BCUT2D eigenvalue weighted by atomic mass is 32.1. The normalized spacial score (nSPS) is 22.5. The number of H-pyrrole nitrogens is 1. The van der Waals surface area contributed by atoms with Gasteiger partial charge in [0, 0.05) is 12.7 Å². The molecule has 3 unspecified atom stereocenters. The Morgan fingerprint density at radius 2 is 2.03 bits per heavy atom. The van der Waals surface area contributed by atoms with E-state index < -0.39 is 38.3 Å². The van der Waals surface area contributed by atoms with Crippen molar-refractivity contribution < 1.29 is 38.0 Å². The van der Waals surface area contributed by atoms with Crippen LogP contribution in [0.1, 0.15) is 35.8 Å². The summed E-state index contributed by atoms with van der Waals surface area (Å²) in [7, 11) is -1.09. The van der Waals surface area contributed by atoms with Crippen LogP contribution in [0.3, 0.4) is 0 Å². The number of aryl methyl sites for hydroxylation is 2. The molecule has 4 N–H and O–H groups in total. The van der Waals surface area contributed by atoms with Gasteiger partial charge in [0.15, 0.2) is 4.77 Å². The fourth-order valence-corrected chi connectivity index (χ4v) is 4.89. The van der Waals surface area contributed by atoms with Crippen LogP contribution in [0.25, 0.3) is 0 Å². The third-order valence-corrected chi connectivity index (χ3v) is 6.25. The zero-order valence-corrected chi connectivity index (χ0v) is 19.3. The quantitative estimate of drug-likeness (QED) is 0.290. The Bertz CT molecular complexity index is 1090. The molecule has 2 aliphatic heterocycles. The van der Waals surface area contributed by atoms with E-state index in [1.165, 1.54) is 4.57 Å². The van der Waals surface area contributed by atoms with Gasteiger partial charge in [0.25, 0.3) is 5.56 Å². The first kappa shape index (κ1) is 24.9. The maximum atomic E-state index is 13.6. The summed E-state index contributed by atoms with van der Waals surface area (Å²) >= 11 is 5.02. The van der Waals surface area contributed by atoms with Gasteiger partial charge in [-0.3, -0.25) is 18.9 Å². The number of rotatable bonds is 4. The maximum Gasteiger partial charge on any atom is 0.402 e. The molecule has 4 rings (SSSR count). The molecule has 0 amide bonds. The SMILES string of the molecule is CO.Cc1cc(C)c2c(c1)COP(OC(O)(O)C1CCC(n3cc(F)c(=O)[nH]c3=S)O1)O2. The van der Waals surface area contributed by atoms with Crippen LogP contribution >= 0.6 is 20.8 Å². The van der Waals surface area contributed by atoms with Crippen LogP contribution in [0.4, 0.5) is 4.39 Å². The minimum atomic E-state index is -2.71. The van der Waals surface area contributed by atoms with Crippen LogP contribution in [0.5, 0.6) is 5.75 Å². The van der Waals surface area contributed by atoms with Crippen molar-refractivity contribution in [1.82, 2.24) is 9.55 Å². The molecule has 32 heavy (non-hydrogen) atoms. The average molecular weight is 490 g/mol. The number of fused-ring (bicyclic) bond motifs is 1. The van der Waals surface area contributed by atoms with E-state index in [2.05, 4.69) is 4.98 Å². The van der Waals surface area contributed by atoms with Gasteiger partial charge in [-0.25, -0.2) is 4.52 Å². The molecular formula is C19H24FN2O8PS. The summed E-state index contributed by atoms with van der Waals surface area (Å²) in [4.78, 5) is 13.5. The van der Waals surface area contributed by atoms with Gasteiger partial charge in [-0.05, 0) is 44.5 Å². The summed E-state index contributed by atoms with van der Waals surface area (Å²) in [6.45, 7) is 4.05. The minimum absolute atomic E-state index is 0.0415. The van der Waals surface area contributed by atoms with E-state index in [9.17, 15) is 19.4 Å². The van der Waals surface area contributed by atoms with Gasteiger partial charge in [-0.15, -0.1) is 0 Å². The topological polar surface area (TPSA) is 135 Å². The van der Waals surface area contributed by atoms with Crippen LogP contribution in [-0.2, 0) is 20.4 Å². The van der Waals surface area contributed by atoms with Gasteiger partial charge in [0.1, 0.15) is 18.1 Å². The first-order chi connectivity index (χ1) is 15.1. The molecule has 3 heterocycles. The summed E-state index contributed by atoms with van der Waals surface area (Å²) in [6.07, 6.45) is -0.585. The molecule has 0 aliphatic carbocycles. The molecule has 1 fully saturated rings. The second-order valence-electron chi connectivity index (χ2n) is 7.21. The smallest absolute Gasteiger partial charge is 0.402 e. The Morgan fingerprint density at radius 3 is 2.75 bits per heavy atom. The first-order valence-corrected chi connectivity index (χ1v) is 11.1. The fraction of sp³-hybridized carbons (Fsp3) is 0.474. The Balaban J connectivity index is 0.00000141. The monoisotopic (exact) mass is 490 g/mol. The molecule has 1 aromatic heterocycles. The average Bonchev–Trinajstić information content (AvgIpc) is 3.23. The molecule has 1 aromatic carbocycles. The standard InChI is InChI=1S/C18H20FN2O7PS.CH4O/c1-9-5-10(2)15-11(6-9)8-25-29(27-15)28-18(23,24)13-3-4-14(26-13)21-7-12(19)16(22)20-17(21)30;1-2/h5-7,13-14,23-24H,3-4,8H2,1-2H3,(H,20,22,30);2H,1H3. The minimum Gasteiger partial charge on any atom is -0.426 e. The van der Waals surface area contributed by atoms with Gasteiger partial charge in [-0.2, -0.15) is 4.39 Å². The van der Waals surface area contributed by atoms with E-state index in [1.807, 2.05) is 26.0 Å². The third-order valence-electron chi connectivity index (χ3n) is 4.85. The summed E-state index contributed by atoms with van der Waals surface area (Å²) in [5.74, 6) is -3.14. The largest absolute Gasteiger partial charge is 0.426 e. The lowest BCUT2D eigenvalue weighted by Crippen LogP contribution is -2.44. The number of aromatic amines is 1. The summed E-state index contributed by atoms with van der Waals surface area (Å²) in [6, 6.07) is 3.87. The third kappa shape index (κ3) is 5.24. The highest BCUT2D eigenvalue weighted by molar-refractivity contribution is 7.71. The van der Waals surface area contributed by atoms with Crippen molar-refractivity contribution in [2.45, 2.75) is 51.6 Å². The molecule has 0 spiro atoms. The highest BCUT2D eigenvalue weighted by Crippen LogP contribution is 2.51. The van der Waals surface area contributed by atoms with Gasteiger partial charge in [0.05, 0.1) is 12.8 Å². The Labute approximate surface area is 189 Å². The second kappa shape index (κ2) is 10.0. The van der Waals surface area contributed by atoms with Gasteiger partial charge >= 0.3 is 14.6 Å². The van der Waals surface area contributed by atoms with E-state index in [1.54, 1.807) is 0 Å². The number of nitrogens with zero attached hydrogens (tertiary/aromatic N) is 1. The number of benzene rings is 1. The summed E-state index contributed by atoms with van der Waals surface area (Å²) < 4.78 is 36.9. The molecule has 2 aromatic rings. The molecule has 2 aliphatic rings. The van der Waals surface area contributed by atoms with Gasteiger partial charge in [-0.1, -0.05) is 17.7 Å². The Kier molecular flexibility index (Phi) is 7.79. The fourth-order valence-electron chi connectivity index (χ4n) is 3.49. The van der Waals surface area contributed by atoms with Crippen molar-refractivity contribution in [2.24, 2.45) is 0 Å². The lowest BCUT2D eigenvalue weighted by molar-refractivity contribution is -0.346. The molecule has 0 saturated carbocycles. The van der Waals surface area contributed by atoms with Crippen LogP contribution in [0.2, 0.25) is 0 Å². The van der Waals surface area contributed by atoms with Gasteiger partial charge < -0.3 is 24.6 Å². The van der Waals surface area contributed by atoms with Crippen LogP contribution < -0.4 is 10.1 Å². The van der Waals surface area contributed by atoms with Crippen LogP contribution in [0.15, 0.2) is 23.1 Å². The van der Waals surface area contributed by atoms with E-state index in [4.69, 9.17) is 35.6 Å². The van der Waals surface area contributed by atoms with E-state index in [0.29, 0.717) is 5.75 Å². The lowest BCUT2D eigenvalue weighted by Gasteiger charge is -2.32. The Hall–Kier alpha value is -1.76. The Morgan fingerprint density at radius 1 is 1.31 bits per heavy atom. The van der Waals surface area contributed by atoms with Crippen molar-refractivity contribution in [1.29, 1.82) is 0 Å². The van der Waals surface area contributed by atoms with Crippen molar-refractivity contribution in [3.8, 4) is 5.75 Å². The van der Waals surface area contributed by atoms with Crippen LogP contribution in [0, 0.1) is 24.4 Å². The van der Waals surface area contributed by atoms with Crippen molar-refractivity contribution in [3.05, 3.63) is 56.0 Å². The van der Waals surface area contributed by atoms with Crippen LogP contribution in [-0.4, -0.2) is 44.1 Å². The second-order valence-corrected chi connectivity index (χ2v) is 8.67. The molecule has 176 valence electrons. The number of aliphatic hydroxyl groups is 3. The number of aromatic nitrogens is 2. The molecule has 0 bridgehead atoms. The molecule has 0 radical (unpaired) electrons. The van der Waals surface area contributed by atoms with Crippen molar-refractivity contribution >= 4 is 20.8 Å². The number of nitrogens with one attached hydrogen (secondary N) is 1. The number of hydrogen-bond acceptors (Lipinski definition) is 9. The van der Waals surface area contributed by atoms with Crippen molar-refractivity contribution in [2.75, 3.05) is 7.11 Å². The van der Waals surface area contributed by atoms with Crippen molar-refractivity contribution in [3.63, 3.8) is 0 Å². The molecule has 3 atom stereocenters. The molecular weight excluding hydrogens is 466 g/mol. The predicted octanol–water partition coefficient (Wildman–Crippen LogP) is 2.44. The van der Waals surface area contributed by atoms with E-state index in [0.717, 1.165) is 30.0 Å². The number of ether oxygens (including phenoxy) is 1. The molecule has 1 saturated heterocycles. The number of halogens is 1. The number of aliphatic hydroxyl groups excluding tert-OH is 1. The first-order valence-electron chi connectivity index (χ1n) is 9.60. The van der Waals surface area contributed by atoms with Gasteiger partial charge in [0.2, 0.25) is 5.82 Å². The number of hydrogen-bond donors (Lipinski definition) is 4. The van der Waals surface area contributed by atoms with E-state index >= 15 is 0 Å².